The minimum atomic E-state index is 0.0159. The fourth-order valence-corrected chi connectivity index (χ4v) is 2.26. The minimum Gasteiger partial charge on any atom is -0.480 e. The Balaban J connectivity index is 0.000000208. The molecule has 0 saturated heterocycles. The molecule has 1 aliphatic rings. The third kappa shape index (κ3) is 7.40. The van der Waals surface area contributed by atoms with E-state index < -0.39 is 0 Å². The van der Waals surface area contributed by atoms with Crippen LogP contribution < -0.4 is 14.8 Å². The first-order chi connectivity index (χ1) is 13.1. The highest BCUT2D eigenvalue weighted by Crippen LogP contribution is 2.29. The van der Waals surface area contributed by atoms with Crippen molar-refractivity contribution in [3.63, 3.8) is 0 Å². The summed E-state index contributed by atoms with van der Waals surface area (Å²) < 4.78 is 20.6. The van der Waals surface area contributed by atoms with Gasteiger partial charge in [-0.05, 0) is 19.3 Å². The van der Waals surface area contributed by atoms with E-state index in [-0.39, 0.29) is 29.3 Å². The fraction of sp³-hybridized carbons (Fsp3) is 0.529. The first kappa shape index (κ1) is 20.9. The summed E-state index contributed by atoms with van der Waals surface area (Å²) in [7, 11) is 1.46. The Labute approximate surface area is 162 Å². The third-order valence-corrected chi connectivity index (χ3v) is 3.94. The third-order valence-electron chi connectivity index (χ3n) is 3.62. The number of amides is 1. The monoisotopic (exact) mass is 398 g/mol. The molecule has 0 radical (unpaired) electrons. The molecular formula is C17H23ClN4O5. The molecular weight excluding hydrogens is 376 g/mol. The number of aromatic nitrogens is 3. The summed E-state index contributed by atoms with van der Waals surface area (Å²) in [6.07, 6.45) is 8.45. The normalized spacial score (nSPS) is 13.1. The SMILES string of the molecule is CC(=O)NCCOC1CCC1.COc1ncnc(OCc2ncco2)c1Cl. The Kier molecular flexibility index (Phi) is 8.79. The summed E-state index contributed by atoms with van der Waals surface area (Å²) in [5.74, 6) is 0.946. The lowest BCUT2D eigenvalue weighted by molar-refractivity contribution is -0.119. The van der Waals surface area contributed by atoms with Crippen molar-refractivity contribution in [2.45, 2.75) is 38.9 Å². The molecule has 27 heavy (non-hydrogen) atoms. The Morgan fingerprint density at radius 2 is 2.11 bits per heavy atom. The topological polar surface area (TPSA) is 109 Å². The van der Waals surface area contributed by atoms with Crippen LogP contribution in [0.4, 0.5) is 0 Å². The highest BCUT2D eigenvalue weighted by molar-refractivity contribution is 6.33. The predicted molar refractivity (Wildman–Crippen MR) is 96.7 cm³/mol. The van der Waals surface area contributed by atoms with Crippen molar-refractivity contribution in [2.24, 2.45) is 0 Å². The molecule has 1 aliphatic carbocycles. The molecule has 1 amide bonds. The molecule has 0 unspecified atom stereocenters. The molecule has 2 aromatic rings. The predicted octanol–water partition coefficient (Wildman–Crippen LogP) is 2.40. The molecule has 148 valence electrons. The maximum atomic E-state index is 10.4. The van der Waals surface area contributed by atoms with E-state index in [0.717, 1.165) is 0 Å². The molecule has 3 rings (SSSR count). The zero-order valence-electron chi connectivity index (χ0n) is 15.3. The smallest absolute Gasteiger partial charge is 0.240 e. The fourth-order valence-electron chi connectivity index (χ4n) is 2.03. The van der Waals surface area contributed by atoms with Gasteiger partial charge in [-0.3, -0.25) is 4.79 Å². The van der Waals surface area contributed by atoms with Gasteiger partial charge in [0.1, 0.15) is 12.6 Å². The molecule has 1 N–H and O–H groups in total. The van der Waals surface area contributed by atoms with E-state index in [1.807, 2.05) is 0 Å². The number of hydrogen-bond acceptors (Lipinski definition) is 8. The maximum absolute atomic E-state index is 10.4. The van der Waals surface area contributed by atoms with Crippen molar-refractivity contribution in [3.05, 3.63) is 29.7 Å². The number of carbonyl (C=O) groups is 1. The van der Waals surface area contributed by atoms with E-state index in [1.165, 1.54) is 52.1 Å². The van der Waals surface area contributed by atoms with Crippen molar-refractivity contribution in [1.29, 1.82) is 0 Å². The van der Waals surface area contributed by atoms with Gasteiger partial charge in [0, 0.05) is 13.5 Å². The minimum absolute atomic E-state index is 0.0159. The van der Waals surface area contributed by atoms with Gasteiger partial charge < -0.3 is 23.9 Å². The van der Waals surface area contributed by atoms with Crippen molar-refractivity contribution in [2.75, 3.05) is 20.3 Å². The zero-order valence-corrected chi connectivity index (χ0v) is 16.1. The molecule has 0 bridgehead atoms. The number of hydrogen-bond donors (Lipinski definition) is 1. The van der Waals surface area contributed by atoms with Crippen molar-refractivity contribution < 1.29 is 23.4 Å². The summed E-state index contributed by atoms with van der Waals surface area (Å²) in [6, 6.07) is 0. The molecule has 0 spiro atoms. The number of ether oxygens (including phenoxy) is 3. The Morgan fingerprint density at radius 1 is 1.33 bits per heavy atom. The van der Waals surface area contributed by atoms with Crippen LogP contribution in [0, 0.1) is 0 Å². The molecule has 10 heteroatoms. The van der Waals surface area contributed by atoms with Gasteiger partial charge in [-0.2, -0.15) is 0 Å². The lowest BCUT2D eigenvalue weighted by Gasteiger charge is -2.25. The van der Waals surface area contributed by atoms with Crippen LogP contribution in [0.1, 0.15) is 32.1 Å². The quantitative estimate of drug-likeness (QED) is 0.675. The van der Waals surface area contributed by atoms with E-state index in [0.29, 0.717) is 25.1 Å². The van der Waals surface area contributed by atoms with E-state index in [2.05, 4.69) is 20.3 Å². The van der Waals surface area contributed by atoms with Gasteiger partial charge in [0.15, 0.2) is 11.6 Å². The van der Waals surface area contributed by atoms with Gasteiger partial charge >= 0.3 is 0 Å². The summed E-state index contributed by atoms with van der Waals surface area (Å²) in [6.45, 7) is 2.96. The molecule has 0 aliphatic heterocycles. The highest BCUT2D eigenvalue weighted by Gasteiger charge is 2.17. The second-order valence-electron chi connectivity index (χ2n) is 5.62. The number of methoxy groups -OCH3 is 1. The Bertz CT molecular complexity index is 695. The van der Waals surface area contributed by atoms with E-state index in [9.17, 15) is 4.79 Å². The van der Waals surface area contributed by atoms with Gasteiger partial charge in [0.25, 0.3) is 0 Å². The zero-order chi connectivity index (χ0) is 19.5. The van der Waals surface area contributed by atoms with Gasteiger partial charge in [0.05, 0.1) is 26.0 Å². The molecule has 2 aromatic heterocycles. The summed E-state index contributed by atoms with van der Waals surface area (Å²) >= 11 is 5.92. The second-order valence-corrected chi connectivity index (χ2v) is 6.00. The molecule has 9 nitrogen and oxygen atoms in total. The van der Waals surface area contributed by atoms with Crippen LogP contribution in [0.5, 0.6) is 11.8 Å². The molecule has 0 atom stereocenters. The van der Waals surface area contributed by atoms with E-state index in [1.54, 1.807) is 0 Å². The van der Waals surface area contributed by atoms with Crippen LogP contribution in [0.15, 0.2) is 23.2 Å². The van der Waals surface area contributed by atoms with Crippen molar-refractivity contribution in [1.82, 2.24) is 20.3 Å². The number of oxazole rings is 1. The highest BCUT2D eigenvalue weighted by atomic mass is 35.5. The number of rotatable bonds is 8. The van der Waals surface area contributed by atoms with Crippen LogP contribution in [-0.4, -0.2) is 47.2 Å². The largest absolute Gasteiger partial charge is 0.480 e. The van der Waals surface area contributed by atoms with Crippen LogP contribution in [0.3, 0.4) is 0 Å². The standard InChI is InChI=1S/C9H8ClN3O3.C8H15NO2/c1-14-8-7(10)9(13-5-12-8)16-4-6-11-2-3-15-6;1-7(10)9-5-6-11-8-3-2-4-8/h2-3,5H,4H2,1H3;8H,2-6H2,1H3,(H,9,10). The van der Waals surface area contributed by atoms with Crippen LogP contribution >= 0.6 is 11.6 Å². The molecule has 0 aromatic carbocycles. The number of halogens is 1. The van der Waals surface area contributed by atoms with Gasteiger partial charge in [0.2, 0.25) is 23.6 Å². The van der Waals surface area contributed by atoms with Crippen LogP contribution in [0.2, 0.25) is 5.02 Å². The lowest BCUT2D eigenvalue weighted by Crippen LogP contribution is -2.29. The van der Waals surface area contributed by atoms with E-state index >= 15 is 0 Å². The average molecular weight is 399 g/mol. The summed E-state index contributed by atoms with van der Waals surface area (Å²) in [5, 5.41) is 2.90. The van der Waals surface area contributed by atoms with Gasteiger partial charge in [-0.15, -0.1) is 0 Å². The van der Waals surface area contributed by atoms with Gasteiger partial charge in [-0.25, -0.2) is 15.0 Å². The number of nitrogens with zero attached hydrogens (tertiary/aromatic N) is 3. The van der Waals surface area contributed by atoms with Crippen LogP contribution in [-0.2, 0) is 16.1 Å². The summed E-state index contributed by atoms with van der Waals surface area (Å²) in [4.78, 5) is 22.0. The molecule has 1 fully saturated rings. The van der Waals surface area contributed by atoms with Crippen LogP contribution in [0.25, 0.3) is 0 Å². The Morgan fingerprint density at radius 3 is 2.70 bits per heavy atom. The number of nitrogens with one attached hydrogen (secondary N) is 1. The van der Waals surface area contributed by atoms with Gasteiger partial charge in [-0.1, -0.05) is 11.6 Å². The Hall–Kier alpha value is -2.39. The average Bonchev–Trinajstić information content (AvgIpc) is 3.13. The molecule has 1 saturated carbocycles. The van der Waals surface area contributed by atoms with Crippen molar-refractivity contribution in [3.8, 4) is 11.8 Å². The summed E-state index contributed by atoms with van der Waals surface area (Å²) in [5.41, 5.74) is 0. The first-order valence-corrected chi connectivity index (χ1v) is 8.89. The first-order valence-electron chi connectivity index (χ1n) is 8.51. The van der Waals surface area contributed by atoms with Crippen molar-refractivity contribution >= 4 is 17.5 Å². The molecule has 2 heterocycles. The van der Waals surface area contributed by atoms with E-state index in [4.69, 9.17) is 30.2 Å². The second kappa shape index (κ2) is 11.3. The lowest BCUT2D eigenvalue weighted by atomic mass is 9.96. The maximum Gasteiger partial charge on any atom is 0.240 e. The number of carbonyl (C=O) groups excluding carboxylic acids is 1.